The van der Waals surface area contributed by atoms with Gasteiger partial charge < -0.3 is 14.7 Å². The highest BCUT2D eigenvalue weighted by Gasteiger charge is 2.28. The Morgan fingerprint density at radius 2 is 2.00 bits per heavy atom. The Morgan fingerprint density at radius 1 is 1.24 bits per heavy atom. The van der Waals surface area contributed by atoms with E-state index in [0.29, 0.717) is 30.5 Å². The van der Waals surface area contributed by atoms with Crippen LogP contribution in [0.4, 0.5) is 0 Å². The predicted molar refractivity (Wildman–Crippen MR) is 110 cm³/mol. The maximum atomic E-state index is 12.9. The Labute approximate surface area is 170 Å². The first kappa shape index (κ1) is 19.2. The van der Waals surface area contributed by atoms with Crippen molar-refractivity contribution in [3.63, 3.8) is 0 Å². The lowest BCUT2D eigenvalue weighted by Crippen LogP contribution is -2.38. The molecule has 0 spiro atoms. The van der Waals surface area contributed by atoms with E-state index in [0.717, 1.165) is 22.4 Å². The lowest BCUT2D eigenvalue weighted by atomic mass is 9.97. The minimum Gasteiger partial charge on any atom is -0.493 e. The fraction of sp³-hybridized carbons (Fsp3) is 0.304. The van der Waals surface area contributed by atoms with Gasteiger partial charge in [-0.3, -0.25) is 9.89 Å². The van der Waals surface area contributed by atoms with Crippen LogP contribution in [0.5, 0.6) is 5.75 Å². The molecule has 0 saturated carbocycles. The number of aliphatic hydroxyl groups is 1. The summed E-state index contributed by atoms with van der Waals surface area (Å²) in [6, 6.07) is 17.1. The molecule has 4 rings (SSSR count). The SMILES string of the molecule is CC(C)COc1ccc(-c2cc(C(=O)N3Cc4ccccc4[C@H](O)C3)[nH]n2)cc1. The van der Waals surface area contributed by atoms with Gasteiger partial charge in [-0.25, -0.2) is 0 Å². The number of hydrogen-bond acceptors (Lipinski definition) is 4. The Morgan fingerprint density at radius 3 is 2.76 bits per heavy atom. The fourth-order valence-electron chi connectivity index (χ4n) is 3.47. The molecule has 1 atom stereocenters. The first-order chi connectivity index (χ1) is 14.0. The van der Waals surface area contributed by atoms with E-state index in [9.17, 15) is 9.90 Å². The molecule has 0 fully saturated rings. The van der Waals surface area contributed by atoms with Crippen molar-refractivity contribution in [2.75, 3.05) is 13.2 Å². The molecule has 2 heterocycles. The molecule has 2 N–H and O–H groups in total. The molecule has 29 heavy (non-hydrogen) atoms. The van der Waals surface area contributed by atoms with Crippen molar-refractivity contribution in [1.29, 1.82) is 0 Å². The van der Waals surface area contributed by atoms with Gasteiger partial charge in [0.05, 0.1) is 24.9 Å². The molecule has 1 aliphatic heterocycles. The molecule has 0 radical (unpaired) electrons. The third-order valence-corrected chi connectivity index (χ3v) is 5.00. The normalized spacial score (nSPS) is 16.0. The van der Waals surface area contributed by atoms with Crippen LogP contribution in [0.2, 0.25) is 0 Å². The van der Waals surface area contributed by atoms with Crippen LogP contribution in [0.15, 0.2) is 54.6 Å². The van der Waals surface area contributed by atoms with Crippen LogP contribution in [0.25, 0.3) is 11.3 Å². The number of carbonyl (C=O) groups is 1. The number of nitrogens with one attached hydrogen (secondary N) is 1. The molecular formula is C23H25N3O3. The Kier molecular flexibility index (Phi) is 5.36. The summed E-state index contributed by atoms with van der Waals surface area (Å²) in [6.45, 7) is 5.63. The van der Waals surface area contributed by atoms with E-state index in [1.165, 1.54) is 0 Å². The van der Waals surface area contributed by atoms with Crippen LogP contribution in [0.3, 0.4) is 0 Å². The van der Waals surface area contributed by atoms with Gasteiger partial charge in [-0.05, 0) is 47.4 Å². The van der Waals surface area contributed by atoms with Crippen LogP contribution in [0.1, 0.15) is 41.6 Å². The highest BCUT2D eigenvalue weighted by molar-refractivity contribution is 5.93. The smallest absolute Gasteiger partial charge is 0.272 e. The number of H-pyrrole nitrogens is 1. The number of aromatic amines is 1. The van der Waals surface area contributed by atoms with E-state index in [4.69, 9.17) is 4.74 Å². The average Bonchev–Trinajstić information content (AvgIpc) is 3.22. The molecule has 1 amide bonds. The zero-order valence-corrected chi connectivity index (χ0v) is 16.6. The molecule has 0 saturated heterocycles. The topological polar surface area (TPSA) is 78.5 Å². The third-order valence-electron chi connectivity index (χ3n) is 5.00. The van der Waals surface area contributed by atoms with Crippen molar-refractivity contribution < 1.29 is 14.6 Å². The van der Waals surface area contributed by atoms with Crippen molar-refractivity contribution in [3.05, 3.63) is 71.4 Å². The van der Waals surface area contributed by atoms with Crippen LogP contribution in [-0.2, 0) is 6.54 Å². The molecule has 0 bridgehead atoms. The van der Waals surface area contributed by atoms with Gasteiger partial charge in [0.25, 0.3) is 5.91 Å². The summed E-state index contributed by atoms with van der Waals surface area (Å²) in [6.07, 6.45) is -0.676. The van der Waals surface area contributed by atoms with E-state index in [1.54, 1.807) is 11.0 Å². The maximum absolute atomic E-state index is 12.9. The number of aliphatic hydroxyl groups excluding tert-OH is 1. The van der Waals surface area contributed by atoms with Gasteiger partial charge in [0.2, 0.25) is 0 Å². The fourth-order valence-corrected chi connectivity index (χ4v) is 3.47. The lowest BCUT2D eigenvalue weighted by molar-refractivity contribution is 0.0544. The number of β-amino-alcohol motifs (C(OH)–C–C–N with tert-alkyl or cyclic N) is 1. The summed E-state index contributed by atoms with van der Waals surface area (Å²) in [5.74, 6) is 1.11. The van der Waals surface area contributed by atoms with Crippen molar-refractivity contribution >= 4 is 5.91 Å². The summed E-state index contributed by atoms with van der Waals surface area (Å²) in [7, 11) is 0. The van der Waals surface area contributed by atoms with Gasteiger partial charge in [0.15, 0.2) is 0 Å². The summed E-state index contributed by atoms with van der Waals surface area (Å²) in [4.78, 5) is 14.6. The molecule has 1 aliphatic rings. The Bertz CT molecular complexity index is 995. The van der Waals surface area contributed by atoms with Crippen molar-refractivity contribution in [2.24, 2.45) is 5.92 Å². The number of amides is 1. The summed E-state index contributed by atoms with van der Waals surface area (Å²) in [5.41, 5.74) is 3.87. The maximum Gasteiger partial charge on any atom is 0.272 e. The second-order valence-corrected chi connectivity index (χ2v) is 7.80. The largest absolute Gasteiger partial charge is 0.493 e. The van der Waals surface area contributed by atoms with Gasteiger partial charge in [0.1, 0.15) is 11.4 Å². The molecule has 0 aliphatic carbocycles. The number of benzene rings is 2. The number of fused-ring (bicyclic) bond motifs is 1. The minimum absolute atomic E-state index is 0.172. The molecular weight excluding hydrogens is 366 g/mol. The number of carbonyl (C=O) groups excluding carboxylic acids is 1. The summed E-state index contributed by atoms with van der Waals surface area (Å²) < 4.78 is 5.71. The second-order valence-electron chi connectivity index (χ2n) is 7.80. The predicted octanol–water partition coefficient (Wildman–Crippen LogP) is 3.80. The lowest BCUT2D eigenvalue weighted by Gasteiger charge is -2.31. The number of nitrogens with zero attached hydrogens (tertiary/aromatic N) is 2. The van der Waals surface area contributed by atoms with Gasteiger partial charge >= 0.3 is 0 Å². The Hall–Kier alpha value is -3.12. The highest BCUT2D eigenvalue weighted by Crippen LogP contribution is 2.28. The Balaban J connectivity index is 1.47. The summed E-state index contributed by atoms with van der Waals surface area (Å²) >= 11 is 0. The standard InChI is InChI=1S/C23H25N3O3/c1-15(2)14-29-18-9-7-16(8-10-18)20-11-21(25-24-20)23(28)26-12-17-5-3-4-6-19(17)22(27)13-26/h3-11,15,22,27H,12-14H2,1-2H3,(H,24,25)/t22-/m1/s1. The second kappa shape index (κ2) is 8.09. The first-order valence-electron chi connectivity index (χ1n) is 9.85. The van der Waals surface area contributed by atoms with Crippen molar-refractivity contribution in [1.82, 2.24) is 15.1 Å². The molecule has 150 valence electrons. The molecule has 6 heteroatoms. The van der Waals surface area contributed by atoms with Crippen LogP contribution >= 0.6 is 0 Å². The third kappa shape index (κ3) is 4.17. The number of ether oxygens (including phenoxy) is 1. The average molecular weight is 391 g/mol. The van der Waals surface area contributed by atoms with Gasteiger partial charge in [0, 0.05) is 12.1 Å². The highest BCUT2D eigenvalue weighted by atomic mass is 16.5. The molecule has 3 aromatic rings. The van der Waals surface area contributed by atoms with Crippen LogP contribution in [0, 0.1) is 5.92 Å². The van der Waals surface area contributed by atoms with Crippen molar-refractivity contribution in [2.45, 2.75) is 26.5 Å². The first-order valence-corrected chi connectivity index (χ1v) is 9.85. The van der Waals surface area contributed by atoms with E-state index in [-0.39, 0.29) is 12.5 Å². The van der Waals surface area contributed by atoms with E-state index < -0.39 is 6.10 Å². The molecule has 0 unspecified atom stereocenters. The quantitative estimate of drug-likeness (QED) is 0.693. The molecule has 2 aromatic carbocycles. The van der Waals surface area contributed by atoms with Gasteiger partial charge in [-0.1, -0.05) is 38.1 Å². The number of hydrogen-bond donors (Lipinski definition) is 2. The van der Waals surface area contributed by atoms with Crippen LogP contribution < -0.4 is 4.74 Å². The van der Waals surface area contributed by atoms with E-state index >= 15 is 0 Å². The number of aromatic nitrogens is 2. The molecule has 1 aromatic heterocycles. The molecule has 6 nitrogen and oxygen atoms in total. The van der Waals surface area contributed by atoms with E-state index in [2.05, 4.69) is 24.0 Å². The minimum atomic E-state index is -0.676. The number of rotatable bonds is 5. The van der Waals surface area contributed by atoms with Crippen molar-refractivity contribution in [3.8, 4) is 17.0 Å². The zero-order chi connectivity index (χ0) is 20.4. The monoisotopic (exact) mass is 391 g/mol. The summed E-state index contributed by atoms with van der Waals surface area (Å²) in [5, 5.41) is 17.5. The van der Waals surface area contributed by atoms with E-state index in [1.807, 2.05) is 48.5 Å². The van der Waals surface area contributed by atoms with Gasteiger partial charge in [-0.15, -0.1) is 0 Å². The van der Waals surface area contributed by atoms with Gasteiger partial charge in [-0.2, -0.15) is 5.10 Å². The van der Waals surface area contributed by atoms with Crippen LogP contribution in [-0.4, -0.2) is 39.3 Å². The zero-order valence-electron chi connectivity index (χ0n) is 16.6.